The highest BCUT2D eigenvalue weighted by atomic mass is 32.1. The summed E-state index contributed by atoms with van der Waals surface area (Å²) in [6.07, 6.45) is 0. The van der Waals surface area contributed by atoms with E-state index in [1.807, 2.05) is 55.0 Å². The third kappa shape index (κ3) is 3.43. The largest absolute Gasteiger partial charge is 0.354 e. The van der Waals surface area contributed by atoms with Crippen molar-refractivity contribution in [3.05, 3.63) is 40.3 Å². The van der Waals surface area contributed by atoms with E-state index in [1.165, 1.54) is 0 Å². The van der Waals surface area contributed by atoms with Crippen LogP contribution in [0.15, 0.2) is 29.0 Å². The summed E-state index contributed by atoms with van der Waals surface area (Å²) < 4.78 is 1.73. The highest BCUT2D eigenvalue weighted by Crippen LogP contribution is 2.24. The maximum absolute atomic E-state index is 12.3. The molecule has 3 aromatic rings. The molecule has 1 N–H and O–H groups in total. The Labute approximate surface area is 142 Å². The Morgan fingerprint density at radius 2 is 2.22 bits per heavy atom. The summed E-state index contributed by atoms with van der Waals surface area (Å²) in [5.74, 6) is -0.192. The van der Waals surface area contributed by atoms with Gasteiger partial charge in [0.15, 0.2) is 10.8 Å². The van der Waals surface area contributed by atoms with Crippen molar-refractivity contribution in [2.45, 2.75) is 6.54 Å². The van der Waals surface area contributed by atoms with Crippen molar-refractivity contribution in [1.82, 2.24) is 20.1 Å². The molecule has 0 fully saturated rings. The third-order valence-electron chi connectivity index (χ3n) is 3.24. The van der Waals surface area contributed by atoms with Crippen molar-refractivity contribution >= 4 is 33.7 Å². The van der Waals surface area contributed by atoms with Gasteiger partial charge in [0.2, 0.25) is 0 Å². The zero-order valence-electron chi connectivity index (χ0n) is 13.1. The Bertz CT molecular complexity index is 804. The molecule has 120 valence electrons. The van der Waals surface area contributed by atoms with Crippen molar-refractivity contribution in [3.8, 4) is 10.6 Å². The Hall–Kier alpha value is -2.19. The predicted octanol–water partition coefficient (Wildman–Crippen LogP) is 2.60. The summed E-state index contributed by atoms with van der Waals surface area (Å²) in [4.78, 5) is 19.8. The van der Waals surface area contributed by atoms with Crippen LogP contribution in [0, 0.1) is 0 Å². The second kappa shape index (κ2) is 6.51. The highest BCUT2D eigenvalue weighted by molar-refractivity contribution is 7.13. The average Bonchev–Trinajstić information content (AvgIpc) is 3.24. The smallest absolute Gasteiger partial charge is 0.272 e. The third-order valence-corrected chi connectivity index (χ3v) is 5.19. The van der Waals surface area contributed by atoms with Crippen LogP contribution in [-0.4, -0.2) is 34.8 Å². The first-order valence-electron chi connectivity index (χ1n) is 7.02. The van der Waals surface area contributed by atoms with Gasteiger partial charge in [0.1, 0.15) is 0 Å². The van der Waals surface area contributed by atoms with E-state index in [4.69, 9.17) is 0 Å². The van der Waals surface area contributed by atoms with E-state index < -0.39 is 0 Å². The summed E-state index contributed by atoms with van der Waals surface area (Å²) in [5, 5.41) is 12.0. The van der Waals surface area contributed by atoms with Crippen molar-refractivity contribution in [2.24, 2.45) is 7.05 Å². The van der Waals surface area contributed by atoms with Gasteiger partial charge in [-0.15, -0.1) is 22.7 Å². The number of hydrogen-bond donors (Lipinski definition) is 1. The Morgan fingerprint density at radius 3 is 2.87 bits per heavy atom. The fraction of sp³-hybridized carbons (Fsp3) is 0.267. The van der Waals surface area contributed by atoms with E-state index in [0.717, 1.165) is 21.4 Å². The molecule has 0 unspecified atom stereocenters. The van der Waals surface area contributed by atoms with Crippen LogP contribution >= 0.6 is 22.7 Å². The zero-order chi connectivity index (χ0) is 16.4. The normalized spacial score (nSPS) is 10.7. The molecule has 0 aromatic carbocycles. The van der Waals surface area contributed by atoms with Crippen molar-refractivity contribution < 1.29 is 4.79 Å². The molecule has 3 aromatic heterocycles. The first-order valence-corrected chi connectivity index (χ1v) is 8.78. The number of carbonyl (C=O) groups excluding carboxylic acids is 1. The lowest BCUT2D eigenvalue weighted by Gasteiger charge is -2.05. The molecule has 1 amide bonds. The lowest BCUT2D eigenvalue weighted by atomic mass is 10.3. The van der Waals surface area contributed by atoms with Crippen LogP contribution in [-0.2, 0) is 13.6 Å². The number of nitrogens with one attached hydrogen (secondary N) is 1. The SMILES string of the molecule is CN(C)c1nc(CNC(=O)c2cc(-c3cccs3)n(C)n2)cs1. The number of aryl methyl sites for hydroxylation is 1. The molecule has 8 heteroatoms. The minimum atomic E-state index is -0.192. The molecule has 0 saturated heterocycles. The van der Waals surface area contributed by atoms with Gasteiger partial charge in [-0.3, -0.25) is 9.48 Å². The predicted molar refractivity (Wildman–Crippen MR) is 94.1 cm³/mol. The zero-order valence-corrected chi connectivity index (χ0v) is 14.7. The van der Waals surface area contributed by atoms with Crippen LogP contribution < -0.4 is 10.2 Å². The van der Waals surface area contributed by atoms with E-state index in [2.05, 4.69) is 15.4 Å². The number of amides is 1. The molecule has 0 radical (unpaired) electrons. The molecule has 23 heavy (non-hydrogen) atoms. The molecular formula is C15H17N5OS2. The van der Waals surface area contributed by atoms with Gasteiger partial charge in [0.05, 0.1) is 22.8 Å². The number of anilines is 1. The van der Waals surface area contributed by atoms with Crippen molar-refractivity contribution in [2.75, 3.05) is 19.0 Å². The van der Waals surface area contributed by atoms with E-state index >= 15 is 0 Å². The molecule has 3 heterocycles. The van der Waals surface area contributed by atoms with Crippen molar-refractivity contribution in [1.29, 1.82) is 0 Å². The van der Waals surface area contributed by atoms with Crippen LogP contribution in [0.25, 0.3) is 10.6 Å². The Balaban J connectivity index is 1.67. The average molecular weight is 347 g/mol. The maximum atomic E-state index is 12.3. The van der Waals surface area contributed by atoms with E-state index in [-0.39, 0.29) is 5.91 Å². The molecule has 0 bridgehead atoms. The molecular weight excluding hydrogens is 330 g/mol. The quantitative estimate of drug-likeness (QED) is 0.771. The summed E-state index contributed by atoms with van der Waals surface area (Å²) in [6, 6.07) is 5.81. The van der Waals surface area contributed by atoms with Crippen LogP contribution in [0.4, 0.5) is 5.13 Å². The molecule has 0 atom stereocenters. The van der Waals surface area contributed by atoms with Crippen LogP contribution in [0.5, 0.6) is 0 Å². The van der Waals surface area contributed by atoms with Crippen LogP contribution in [0.1, 0.15) is 16.2 Å². The maximum Gasteiger partial charge on any atom is 0.272 e. The van der Waals surface area contributed by atoms with Crippen LogP contribution in [0.2, 0.25) is 0 Å². The van der Waals surface area contributed by atoms with Gasteiger partial charge in [-0.2, -0.15) is 5.10 Å². The second-order valence-electron chi connectivity index (χ2n) is 5.21. The summed E-state index contributed by atoms with van der Waals surface area (Å²) >= 11 is 3.18. The molecule has 6 nitrogen and oxygen atoms in total. The fourth-order valence-corrected chi connectivity index (χ4v) is 3.61. The minimum Gasteiger partial charge on any atom is -0.354 e. The second-order valence-corrected chi connectivity index (χ2v) is 7.00. The highest BCUT2D eigenvalue weighted by Gasteiger charge is 2.15. The van der Waals surface area contributed by atoms with Gasteiger partial charge >= 0.3 is 0 Å². The summed E-state index contributed by atoms with van der Waals surface area (Å²) in [5.41, 5.74) is 2.20. The molecule has 0 aliphatic heterocycles. The van der Waals surface area contributed by atoms with E-state index in [1.54, 1.807) is 27.4 Å². The molecule has 3 rings (SSSR count). The first-order chi connectivity index (χ1) is 11.0. The number of thiazole rings is 1. The number of thiophene rings is 1. The summed E-state index contributed by atoms with van der Waals surface area (Å²) in [6.45, 7) is 0.397. The monoisotopic (exact) mass is 347 g/mol. The lowest BCUT2D eigenvalue weighted by Crippen LogP contribution is -2.23. The minimum absolute atomic E-state index is 0.192. The molecule has 0 saturated carbocycles. The van der Waals surface area contributed by atoms with Crippen molar-refractivity contribution in [3.63, 3.8) is 0 Å². The van der Waals surface area contributed by atoms with Gasteiger partial charge in [-0.25, -0.2) is 4.98 Å². The lowest BCUT2D eigenvalue weighted by molar-refractivity contribution is 0.0945. The number of nitrogens with zero attached hydrogens (tertiary/aromatic N) is 4. The standard InChI is InChI=1S/C15H17N5OS2/c1-19(2)15-17-10(9-23-15)8-16-14(21)11-7-12(20(3)18-11)13-5-4-6-22-13/h4-7,9H,8H2,1-3H3,(H,16,21). The topological polar surface area (TPSA) is 63.1 Å². The molecule has 0 spiro atoms. The van der Waals surface area contributed by atoms with Crippen LogP contribution in [0.3, 0.4) is 0 Å². The fourth-order valence-electron chi connectivity index (χ4n) is 2.08. The number of aromatic nitrogens is 3. The first kappa shape index (κ1) is 15.7. The Kier molecular flexibility index (Phi) is 4.44. The van der Waals surface area contributed by atoms with Gasteiger partial charge in [-0.1, -0.05) is 6.07 Å². The van der Waals surface area contributed by atoms with E-state index in [9.17, 15) is 4.79 Å². The number of carbonyl (C=O) groups is 1. The number of rotatable bonds is 5. The van der Waals surface area contributed by atoms with Gasteiger partial charge in [0, 0.05) is 26.5 Å². The van der Waals surface area contributed by atoms with Gasteiger partial charge in [-0.05, 0) is 17.5 Å². The van der Waals surface area contributed by atoms with E-state index in [0.29, 0.717) is 12.2 Å². The Morgan fingerprint density at radius 1 is 1.39 bits per heavy atom. The molecule has 0 aliphatic carbocycles. The molecule has 0 aliphatic rings. The van der Waals surface area contributed by atoms with Gasteiger partial charge < -0.3 is 10.2 Å². The van der Waals surface area contributed by atoms with Gasteiger partial charge in [0.25, 0.3) is 5.91 Å². The summed E-state index contributed by atoms with van der Waals surface area (Å²) in [7, 11) is 5.73. The number of hydrogen-bond acceptors (Lipinski definition) is 6.